The number of hydrogen-bond acceptors (Lipinski definition) is 3. The second-order valence-electron chi connectivity index (χ2n) is 5.14. The molecule has 0 aromatic carbocycles. The first kappa shape index (κ1) is 14.5. The molecule has 1 saturated carbocycles. The first-order valence-electron chi connectivity index (χ1n) is 7.01. The van der Waals surface area contributed by atoms with Crippen molar-refractivity contribution in [3.63, 3.8) is 0 Å². The zero-order chi connectivity index (χ0) is 14.1. The minimum Gasteiger partial charge on any atom is -0.231 e. The Balaban J connectivity index is 2.03. The first-order valence-corrected chi connectivity index (χ1v) is 8.99. The molecule has 0 radical (unpaired) electrons. The van der Waals surface area contributed by atoms with Crippen LogP contribution in [0.4, 0.5) is 0 Å². The molecule has 1 aliphatic carbocycles. The molecule has 0 atom stereocenters. The predicted molar refractivity (Wildman–Crippen MR) is 88.6 cm³/mol. The highest BCUT2D eigenvalue weighted by molar-refractivity contribution is 9.10. The molecule has 0 bridgehead atoms. The lowest BCUT2D eigenvalue weighted by Crippen LogP contribution is -2.02. The molecule has 0 N–H and O–H groups in total. The van der Waals surface area contributed by atoms with Crippen LogP contribution in [0.2, 0.25) is 5.15 Å². The van der Waals surface area contributed by atoms with Gasteiger partial charge in [0.25, 0.3) is 0 Å². The van der Waals surface area contributed by atoms with Gasteiger partial charge in [0, 0.05) is 10.8 Å². The number of halogens is 2. The summed E-state index contributed by atoms with van der Waals surface area (Å²) < 4.78 is 0.877. The van der Waals surface area contributed by atoms with E-state index in [4.69, 9.17) is 16.6 Å². The fraction of sp³-hybridized carbons (Fsp3) is 0.467. The molecule has 2 nitrogen and oxygen atoms in total. The highest BCUT2D eigenvalue weighted by Gasteiger charge is 2.24. The molecule has 0 spiro atoms. The average molecular weight is 372 g/mol. The van der Waals surface area contributed by atoms with Crippen LogP contribution in [0, 0.1) is 0 Å². The van der Waals surface area contributed by atoms with Crippen molar-refractivity contribution in [1.82, 2.24) is 9.97 Å². The molecule has 20 heavy (non-hydrogen) atoms. The number of aryl methyl sites for hydroxylation is 1. The van der Waals surface area contributed by atoms with Gasteiger partial charge in [0.1, 0.15) is 5.15 Å². The van der Waals surface area contributed by atoms with Crippen LogP contribution in [0.25, 0.3) is 10.7 Å². The largest absolute Gasteiger partial charge is 0.231 e. The Morgan fingerprint density at radius 1 is 1.30 bits per heavy atom. The quantitative estimate of drug-likeness (QED) is 0.633. The molecule has 2 heterocycles. The molecule has 106 valence electrons. The molecule has 2 aromatic rings. The van der Waals surface area contributed by atoms with Gasteiger partial charge in [0.15, 0.2) is 5.82 Å². The van der Waals surface area contributed by atoms with Crippen LogP contribution in [0.15, 0.2) is 16.6 Å². The van der Waals surface area contributed by atoms with Gasteiger partial charge in [-0.25, -0.2) is 9.97 Å². The minimum absolute atomic E-state index is 0.522. The van der Waals surface area contributed by atoms with Gasteiger partial charge in [-0.1, -0.05) is 31.4 Å². The smallest absolute Gasteiger partial charge is 0.171 e. The first-order chi connectivity index (χ1) is 9.69. The van der Waals surface area contributed by atoms with Gasteiger partial charge in [-0.2, -0.15) is 0 Å². The predicted octanol–water partition coefficient (Wildman–Crippen LogP) is 5.84. The number of hydrogen-bond donors (Lipinski definition) is 0. The topological polar surface area (TPSA) is 25.8 Å². The molecule has 3 rings (SSSR count). The summed E-state index contributed by atoms with van der Waals surface area (Å²) in [6, 6.07) is 4.25. The van der Waals surface area contributed by atoms with E-state index in [9.17, 15) is 0 Å². The molecule has 0 aliphatic heterocycles. The Bertz CT molecular complexity index is 620. The van der Waals surface area contributed by atoms with Crippen molar-refractivity contribution >= 4 is 38.9 Å². The highest BCUT2D eigenvalue weighted by Crippen LogP contribution is 2.40. The zero-order valence-electron chi connectivity index (χ0n) is 11.3. The third-order valence-electron chi connectivity index (χ3n) is 3.81. The lowest BCUT2D eigenvalue weighted by molar-refractivity contribution is 0.691. The van der Waals surface area contributed by atoms with Gasteiger partial charge in [-0.3, -0.25) is 0 Å². The van der Waals surface area contributed by atoms with Crippen LogP contribution in [0.1, 0.15) is 49.1 Å². The van der Waals surface area contributed by atoms with Gasteiger partial charge in [-0.15, -0.1) is 11.3 Å². The molecular weight excluding hydrogens is 356 g/mol. The summed E-state index contributed by atoms with van der Waals surface area (Å²) in [4.78, 5) is 11.7. The highest BCUT2D eigenvalue weighted by atomic mass is 79.9. The molecule has 1 fully saturated rings. The molecule has 0 unspecified atom stereocenters. The summed E-state index contributed by atoms with van der Waals surface area (Å²) in [5.74, 6) is 1.29. The maximum atomic E-state index is 6.29. The van der Waals surface area contributed by atoms with Crippen molar-refractivity contribution in [1.29, 1.82) is 0 Å². The van der Waals surface area contributed by atoms with Crippen LogP contribution in [0.3, 0.4) is 0 Å². The third kappa shape index (κ3) is 2.78. The van der Waals surface area contributed by atoms with Gasteiger partial charge in [0.05, 0.1) is 15.0 Å². The lowest BCUT2D eigenvalue weighted by atomic mass is 10.0. The SMILES string of the molecule is CCc1ccc(-c2nc(Cl)c(Br)c(C3CCCC3)n2)s1. The van der Waals surface area contributed by atoms with Crippen molar-refractivity contribution in [2.24, 2.45) is 0 Å². The van der Waals surface area contributed by atoms with E-state index in [0.29, 0.717) is 11.1 Å². The van der Waals surface area contributed by atoms with Crippen LogP contribution in [-0.2, 0) is 6.42 Å². The Morgan fingerprint density at radius 2 is 2.05 bits per heavy atom. The molecule has 5 heteroatoms. The minimum atomic E-state index is 0.522. The summed E-state index contributed by atoms with van der Waals surface area (Å²) in [5, 5.41) is 0.531. The Kier molecular flexibility index (Phi) is 4.43. The molecule has 1 aliphatic rings. The van der Waals surface area contributed by atoms with Crippen molar-refractivity contribution in [3.05, 3.63) is 32.3 Å². The number of aromatic nitrogens is 2. The van der Waals surface area contributed by atoms with Gasteiger partial charge in [0.2, 0.25) is 0 Å². The van der Waals surface area contributed by atoms with Crippen molar-refractivity contribution in [3.8, 4) is 10.7 Å². The monoisotopic (exact) mass is 370 g/mol. The van der Waals surface area contributed by atoms with E-state index in [1.165, 1.54) is 30.6 Å². The Labute approximate surface area is 136 Å². The Hall–Kier alpha value is -0.450. The summed E-state index contributed by atoms with van der Waals surface area (Å²) in [6.07, 6.45) is 6.02. The number of rotatable bonds is 3. The molecule has 0 saturated heterocycles. The van der Waals surface area contributed by atoms with Crippen LogP contribution < -0.4 is 0 Å². The second kappa shape index (κ2) is 6.12. The van der Waals surface area contributed by atoms with Crippen molar-refractivity contribution in [2.45, 2.75) is 44.9 Å². The molecular formula is C15H16BrClN2S. The van der Waals surface area contributed by atoms with Crippen molar-refractivity contribution in [2.75, 3.05) is 0 Å². The second-order valence-corrected chi connectivity index (χ2v) is 7.46. The zero-order valence-corrected chi connectivity index (χ0v) is 14.5. The summed E-state index contributed by atoms with van der Waals surface area (Å²) in [7, 11) is 0. The standard InChI is InChI=1S/C15H16BrClN2S/c1-2-10-7-8-11(20-10)15-18-13(9-5-3-4-6-9)12(16)14(17)19-15/h7-9H,2-6H2,1H3. The van der Waals surface area contributed by atoms with Gasteiger partial charge < -0.3 is 0 Å². The lowest BCUT2D eigenvalue weighted by Gasteiger charge is -2.12. The van der Waals surface area contributed by atoms with Gasteiger partial charge >= 0.3 is 0 Å². The van der Waals surface area contributed by atoms with E-state index in [2.05, 4.69) is 40.0 Å². The maximum Gasteiger partial charge on any atom is 0.171 e. The van der Waals surface area contributed by atoms with E-state index in [-0.39, 0.29) is 0 Å². The maximum absolute atomic E-state index is 6.29. The fourth-order valence-electron chi connectivity index (χ4n) is 2.70. The van der Waals surface area contributed by atoms with Gasteiger partial charge in [-0.05, 0) is 47.3 Å². The number of nitrogens with zero attached hydrogens (tertiary/aromatic N) is 2. The third-order valence-corrected chi connectivity index (χ3v) is 6.32. The van der Waals surface area contributed by atoms with E-state index < -0.39 is 0 Å². The summed E-state index contributed by atoms with van der Waals surface area (Å²) >= 11 is 11.6. The molecule has 0 amide bonds. The van der Waals surface area contributed by atoms with Crippen molar-refractivity contribution < 1.29 is 0 Å². The summed E-state index contributed by atoms with van der Waals surface area (Å²) in [6.45, 7) is 2.16. The van der Waals surface area contributed by atoms with Crippen LogP contribution in [0.5, 0.6) is 0 Å². The number of thiophene rings is 1. The molecule has 2 aromatic heterocycles. The van der Waals surface area contributed by atoms with Crippen LogP contribution in [-0.4, -0.2) is 9.97 Å². The average Bonchev–Trinajstić information content (AvgIpc) is 3.11. The Morgan fingerprint density at radius 3 is 2.70 bits per heavy atom. The van der Waals surface area contributed by atoms with Crippen LogP contribution >= 0.6 is 38.9 Å². The van der Waals surface area contributed by atoms with E-state index in [0.717, 1.165) is 27.3 Å². The summed E-state index contributed by atoms with van der Waals surface area (Å²) in [5.41, 5.74) is 1.09. The van der Waals surface area contributed by atoms with E-state index in [1.54, 1.807) is 11.3 Å². The van der Waals surface area contributed by atoms with E-state index in [1.807, 2.05) is 0 Å². The normalized spacial score (nSPS) is 15.9. The fourth-order valence-corrected chi connectivity index (χ4v) is 4.26. The van der Waals surface area contributed by atoms with E-state index >= 15 is 0 Å².